The number of aliphatic carboxylic acids is 1. The van der Waals surface area contributed by atoms with Crippen LogP contribution in [0.2, 0.25) is 0 Å². The maximum Gasteiger partial charge on any atom is 0.422 e. The van der Waals surface area contributed by atoms with E-state index in [0.29, 0.717) is 39.8 Å². The summed E-state index contributed by atoms with van der Waals surface area (Å²) in [4.78, 5) is 28.1. The van der Waals surface area contributed by atoms with Crippen LogP contribution in [0, 0.1) is 11.3 Å². The summed E-state index contributed by atoms with van der Waals surface area (Å²) in [6.07, 6.45) is -4.06. The van der Waals surface area contributed by atoms with Gasteiger partial charge in [-0.15, -0.1) is 0 Å². The fourth-order valence-electron chi connectivity index (χ4n) is 3.62. The van der Waals surface area contributed by atoms with Gasteiger partial charge in [-0.2, -0.15) is 23.5 Å². The van der Waals surface area contributed by atoms with E-state index in [-0.39, 0.29) is 17.7 Å². The molecule has 0 saturated carbocycles. The average molecular weight is 456 g/mol. The van der Waals surface area contributed by atoms with Crippen molar-refractivity contribution in [2.24, 2.45) is 4.99 Å². The smallest absolute Gasteiger partial charge is 0.422 e. The Hall–Kier alpha value is -4.20. The molecule has 0 radical (unpaired) electrons. The van der Waals surface area contributed by atoms with Gasteiger partial charge in [0, 0.05) is 30.0 Å². The molecule has 33 heavy (non-hydrogen) atoms. The number of aromatic nitrogens is 2. The number of fused-ring (bicyclic) bond motifs is 2. The van der Waals surface area contributed by atoms with Gasteiger partial charge in [-0.3, -0.25) is 14.6 Å². The number of halogens is 3. The third kappa shape index (κ3) is 4.69. The van der Waals surface area contributed by atoms with Crippen LogP contribution in [0.25, 0.3) is 10.8 Å². The van der Waals surface area contributed by atoms with Gasteiger partial charge in [0.1, 0.15) is 18.4 Å². The minimum atomic E-state index is -4.55. The number of carboxylic acids is 1. The minimum absolute atomic E-state index is 0.0342. The minimum Gasteiger partial charge on any atom is -0.483 e. The number of hydrogen-bond acceptors (Lipinski definition) is 6. The summed E-state index contributed by atoms with van der Waals surface area (Å²) in [5.74, 6) is -1.43. The fourth-order valence-corrected chi connectivity index (χ4v) is 3.62. The normalized spacial score (nSPS) is 12.8. The predicted molar refractivity (Wildman–Crippen MR) is 111 cm³/mol. The van der Waals surface area contributed by atoms with Crippen molar-refractivity contribution in [2.75, 3.05) is 6.61 Å². The Kier molecular flexibility index (Phi) is 5.59. The Morgan fingerprint density at radius 2 is 1.97 bits per heavy atom. The molecule has 0 aliphatic carbocycles. The lowest BCUT2D eigenvalue weighted by atomic mass is 10.0. The van der Waals surface area contributed by atoms with E-state index in [1.807, 2.05) is 6.07 Å². The molecule has 8 nitrogen and oxygen atoms in total. The molecule has 1 aliphatic heterocycles. The number of alkyl halides is 3. The summed E-state index contributed by atoms with van der Waals surface area (Å²) >= 11 is 0. The first-order valence-corrected chi connectivity index (χ1v) is 9.68. The number of nitrogens with zero attached hydrogens (tertiary/aromatic N) is 4. The van der Waals surface area contributed by atoms with E-state index in [1.165, 1.54) is 12.1 Å². The molecule has 3 aromatic rings. The van der Waals surface area contributed by atoms with E-state index >= 15 is 0 Å². The lowest BCUT2D eigenvalue weighted by Gasteiger charge is -2.11. The van der Waals surface area contributed by atoms with Crippen LogP contribution in [0.15, 0.2) is 46.2 Å². The van der Waals surface area contributed by atoms with Crippen LogP contribution in [0.5, 0.6) is 5.75 Å². The molecular formula is C22H15F3N4O4. The molecule has 1 aromatic heterocycles. The van der Waals surface area contributed by atoms with Crippen LogP contribution in [0.4, 0.5) is 18.9 Å². The number of hydrogen-bond donors (Lipinski definition) is 1. The van der Waals surface area contributed by atoms with Crippen LogP contribution < -0.4 is 10.3 Å². The third-order valence-corrected chi connectivity index (χ3v) is 4.97. The first-order valence-electron chi connectivity index (χ1n) is 9.68. The molecule has 0 unspecified atom stereocenters. The van der Waals surface area contributed by atoms with Crippen LogP contribution in [-0.2, 0) is 24.2 Å². The van der Waals surface area contributed by atoms with Crippen LogP contribution in [-0.4, -0.2) is 39.4 Å². The lowest BCUT2D eigenvalue weighted by molar-refractivity contribution is -0.153. The summed E-state index contributed by atoms with van der Waals surface area (Å²) in [5, 5.41) is 23.5. The number of carboxylic acid groups (broad SMARTS) is 1. The molecule has 1 N–H and O–H groups in total. The molecule has 2 heterocycles. The van der Waals surface area contributed by atoms with Crippen molar-refractivity contribution in [1.29, 1.82) is 5.26 Å². The molecule has 4 rings (SSSR count). The zero-order valence-corrected chi connectivity index (χ0v) is 16.9. The van der Waals surface area contributed by atoms with Gasteiger partial charge in [-0.1, -0.05) is 18.2 Å². The quantitative estimate of drug-likeness (QED) is 0.609. The van der Waals surface area contributed by atoms with Gasteiger partial charge in [-0.05, 0) is 17.7 Å². The fraction of sp³-hybridized carbons (Fsp3) is 0.227. The summed E-state index contributed by atoms with van der Waals surface area (Å²) in [6, 6.07) is 11.2. The Labute approximate surface area is 184 Å². The number of rotatable bonds is 6. The summed E-state index contributed by atoms with van der Waals surface area (Å²) in [5.41, 5.74) is 1.49. The molecule has 168 valence electrons. The predicted octanol–water partition coefficient (Wildman–Crippen LogP) is 3.17. The number of ether oxygens (including phenoxy) is 1. The molecule has 0 bridgehead atoms. The summed E-state index contributed by atoms with van der Waals surface area (Å²) < 4.78 is 43.2. The second-order valence-electron chi connectivity index (χ2n) is 7.37. The third-order valence-electron chi connectivity index (χ3n) is 4.97. The van der Waals surface area contributed by atoms with E-state index in [0.717, 1.165) is 4.68 Å². The van der Waals surface area contributed by atoms with E-state index in [9.17, 15) is 28.0 Å². The monoisotopic (exact) mass is 456 g/mol. The SMILES string of the molecule is N#Cc1cc2c(cc1OCC(F)(F)F)N=C(Cc1nn(CC(=O)O)c(=O)c3ccccc13)C2. The van der Waals surface area contributed by atoms with Gasteiger partial charge in [0.25, 0.3) is 5.56 Å². The lowest BCUT2D eigenvalue weighted by Crippen LogP contribution is -2.28. The summed E-state index contributed by atoms with van der Waals surface area (Å²) in [6.45, 7) is -2.13. The van der Waals surface area contributed by atoms with Gasteiger partial charge < -0.3 is 9.84 Å². The van der Waals surface area contributed by atoms with Gasteiger partial charge in [0.05, 0.1) is 22.3 Å². The van der Waals surface area contributed by atoms with Crippen LogP contribution in [0.3, 0.4) is 0 Å². The van der Waals surface area contributed by atoms with Gasteiger partial charge in [0.2, 0.25) is 0 Å². The van der Waals surface area contributed by atoms with Crippen molar-refractivity contribution in [3.63, 3.8) is 0 Å². The van der Waals surface area contributed by atoms with Crippen molar-refractivity contribution in [1.82, 2.24) is 9.78 Å². The van der Waals surface area contributed by atoms with E-state index < -0.39 is 30.9 Å². The van der Waals surface area contributed by atoms with Crippen LogP contribution in [0.1, 0.15) is 16.8 Å². The number of benzene rings is 2. The molecule has 0 fully saturated rings. The molecule has 0 saturated heterocycles. The Morgan fingerprint density at radius 3 is 2.64 bits per heavy atom. The Morgan fingerprint density at radius 1 is 1.24 bits per heavy atom. The zero-order valence-electron chi connectivity index (χ0n) is 16.9. The van der Waals surface area contributed by atoms with E-state index in [2.05, 4.69) is 10.1 Å². The van der Waals surface area contributed by atoms with Crippen molar-refractivity contribution in [3.05, 3.63) is 63.6 Å². The van der Waals surface area contributed by atoms with Crippen molar-refractivity contribution in [2.45, 2.75) is 25.6 Å². The molecule has 0 amide bonds. The first kappa shape index (κ1) is 22.0. The second kappa shape index (κ2) is 8.38. The number of nitriles is 1. The highest BCUT2D eigenvalue weighted by molar-refractivity contribution is 5.98. The highest BCUT2D eigenvalue weighted by atomic mass is 19.4. The average Bonchev–Trinajstić information content (AvgIpc) is 3.15. The molecular weight excluding hydrogens is 441 g/mol. The van der Waals surface area contributed by atoms with Crippen molar-refractivity contribution in [3.8, 4) is 11.8 Å². The zero-order chi connectivity index (χ0) is 23.8. The van der Waals surface area contributed by atoms with Crippen molar-refractivity contribution >= 4 is 28.1 Å². The standard InChI is InChI=1S/C22H15F3N4O4/c23-22(24,25)11-33-19-8-17-12(5-13(19)9-26)6-14(27-17)7-18-15-3-1-2-4-16(15)21(32)29(28-18)10-20(30)31/h1-5,8H,6-7,10-11H2,(H,30,31). The number of carbonyl (C=O) groups is 1. The largest absolute Gasteiger partial charge is 0.483 e. The van der Waals surface area contributed by atoms with Gasteiger partial charge in [-0.25, -0.2) is 4.68 Å². The Balaban J connectivity index is 1.68. The highest BCUT2D eigenvalue weighted by Gasteiger charge is 2.29. The van der Waals surface area contributed by atoms with E-state index in [1.54, 1.807) is 24.3 Å². The molecule has 1 aliphatic rings. The van der Waals surface area contributed by atoms with Crippen molar-refractivity contribution < 1.29 is 27.8 Å². The Bertz CT molecular complexity index is 1400. The molecule has 2 aromatic carbocycles. The van der Waals surface area contributed by atoms with Crippen LogP contribution >= 0.6 is 0 Å². The summed E-state index contributed by atoms with van der Waals surface area (Å²) in [7, 11) is 0. The molecule has 0 spiro atoms. The first-order chi connectivity index (χ1) is 15.6. The molecule has 11 heteroatoms. The second-order valence-corrected chi connectivity index (χ2v) is 7.37. The topological polar surface area (TPSA) is 118 Å². The molecule has 0 atom stereocenters. The van der Waals surface area contributed by atoms with E-state index in [4.69, 9.17) is 9.84 Å². The number of aliphatic imine (C=N–C) groups is 1. The highest BCUT2D eigenvalue weighted by Crippen LogP contribution is 2.35. The van der Waals surface area contributed by atoms with Gasteiger partial charge in [0.15, 0.2) is 6.61 Å². The maximum absolute atomic E-state index is 12.6. The maximum atomic E-state index is 12.6. The van der Waals surface area contributed by atoms with Gasteiger partial charge >= 0.3 is 12.1 Å².